The molecule has 20 heteroatoms. The first kappa shape index (κ1) is 39.3. The van der Waals surface area contributed by atoms with Gasteiger partial charge in [-0.1, -0.05) is 0 Å². The number of aliphatic hydroxyl groups excluding tert-OH is 11. The topological polar surface area (TPSA) is 331 Å². The summed E-state index contributed by atoms with van der Waals surface area (Å²) in [5.41, 5.74) is 0.457. The second kappa shape index (κ2) is 16.1. The molecule has 4 aliphatic heterocycles. The van der Waals surface area contributed by atoms with Gasteiger partial charge in [0.15, 0.2) is 18.2 Å². The number of hydrogen-bond donors (Lipinski definition) is 13. The number of benzene rings is 2. The van der Waals surface area contributed by atoms with Gasteiger partial charge in [0.25, 0.3) is 11.9 Å². The van der Waals surface area contributed by atoms with E-state index in [4.69, 9.17) is 33.2 Å². The molecule has 6 rings (SSSR count). The molecule has 0 saturated carbocycles. The quantitative estimate of drug-likeness (QED) is 0.101. The maximum atomic E-state index is 11.1. The van der Waals surface area contributed by atoms with Crippen LogP contribution in [0.2, 0.25) is 0 Å². The molecule has 20 nitrogen and oxygen atoms in total. The van der Waals surface area contributed by atoms with E-state index >= 15 is 0 Å². The van der Waals surface area contributed by atoms with Gasteiger partial charge in [0.2, 0.25) is 12.6 Å². The van der Waals surface area contributed by atoms with Gasteiger partial charge in [0.05, 0.1) is 31.5 Å². The van der Waals surface area contributed by atoms with Gasteiger partial charge in [-0.05, 0) is 24.3 Å². The molecule has 16 atom stereocenters. The van der Waals surface area contributed by atoms with E-state index in [0.29, 0.717) is 5.56 Å². The van der Waals surface area contributed by atoms with Gasteiger partial charge in [-0.2, -0.15) is 0 Å². The molecule has 0 radical (unpaired) electrons. The fraction of sp³-hybridized carbons (Fsp3) is 0.576. The van der Waals surface area contributed by atoms with E-state index in [-0.39, 0.29) is 28.6 Å². The van der Waals surface area contributed by atoms with Crippen molar-refractivity contribution >= 4 is 6.08 Å². The van der Waals surface area contributed by atoms with Crippen LogP contribution in [0.4, 0.5) is 0 Å². The number of hydrogen-bond acceptors (Lipinski definition) is 19. The van der Waals surface area contributed by atoms with Crippen molar-refractivity contribution in [1.82, 2.24) is 0 Å². The van der Waals surface area contributed by atoms with Crippen LogP contribution in [0.1, 0.15) is 17.2 Å². The van der Waals surface area contributed by atoms with Gasteiger partial charge >= 0.3 is 0 Å². The number of aromatic hydroxyl groups is 3. The Morgan fingerprint density at radius 2 is 1.11 bits per heavy atom. The van der Waals surface area contributed by atoms with E-state index in [2.05, 4.69) is 0 Å². The van der Waals surface area contributed by atoms with Crippen molar-refractivity contribution in [3.8, 4) is 23.0 Å². The third kappa shape index (κ3) is 7.76. The summed E-state index contributed by atoms with van der Waals surface area (Å²) in [5.74, 6) is -0.622. The molecule has 14 N–H and O–H groups in total. The summed E-state index contributed by atoms with van der Waals surface area (Å²) in [4.78, 5) is 0. The molecule has 53 heavy (non-hydrogen) atoms. The maximum Gasteiger partial charge on any atom is 0.270 e. The van der Waals surface area contributed by atoms with Crippen LogP contribution in [-0.2, 0) is 23.7 Å². The van der Waals surface area contributed by atoms with Gasteiger partial charge in [-0.15, -0.1) is 0 Å². The average molecular weight is 760 g/mol. The van der Waals surface area contributed by atoms with E-state index < -0.39 is 124 Å². The molecule has 3 fully saturated rings. The Morgan fingerprint density at radius 1 is 0.585 bits per heavy atom. The molecule has 1 unspecified atom stereocenters. The van der Waals surface area contributed by atoms with Gasteiger partial charge < -0.3 is 99.5 Å². The van der Waals surface area contributed by atoms with Crippen LogP contribution in [-0.4, -0.2) is 183 Å². The van der Waals surface area contributed by atoms with Crippen molar-refractivity contribution in [2.45, 2.75) is 98.2 Å². The molecular weight excluding hydrogens is 716 g/mol. The van der Waals surface area contributed by atoms with Crippen molar-refractivity contribution in [1.29, 1.82) is 0 Å². The van der Waals surface area contributed by atoms with Gasteiger partial charge in [0.1, 0.15) is 90.0 Å². The lowest BCUT2D eigenvalue weighted by molar-refractivity contribution is -0.364. The monoisotopic (exact) mass is 759 g/mol. The lowest BCUT2D eigenvalue weighted by atomic mass is 9.97. The van der Waals surface area contributed by atoms with Crippen LogP contribution in [0, 0.1) is 0 Å². The van der Waals surface area contributed by atoms with E-state index in [0.717, 1.165) is 6.07 Å². The van der Waals surface area contributed by atoms with Crippen LogP contribution in [0.25, 0.3) is 6.08 Å². The Morgan fingerprint density at radius 3 is 1.70 bits per heavy atom. The summed E-state index contributed by atoms with van der Waals surface area (Å²) in [6.07, 6.45) is -24.9. The van der Waals surface area contributed by atoms with Gasteiger partial charge in [-0.25, -0.2) is 0 Å². The largest absolute Gasteiger partial charge is 0.571 e. The van der Waals surface area contributed by atoms with Crippen molar-refractivity contribution in [2.75, 3.05) is 19.8 Å². The fourth-order valence-electron chi connectivity index (χ4n) is 6.40. The summed E-state index contributed by atoms with van der Waals surface area (Å²) < 4.78 is 38.9. The number of aliphatic hydroxyl groups is 12. The number of fused-ring (bicyclic) bond motifs is 1. The Balaban J connectivity index is 1.33. The standard InChI is InChI=1S/C33H42O20/c34-8-18-21(39)24(42)27(45)31(50-18)47-13-5-15(38)14-7-17(29(48-16(14)6-13)11-1-3-12(37)4-2-11)49-33-30(26(44)23(41)20(10-36)52-33)53-32-28(46)25(43)22(40)19(9-35)51-32/h1-7,18-46H,8-10H2/p+1/t18-,19-,20-,21-,22-,23-,24+,25+,26+,27-,28-,29?,30-,31-,32+,33-/m1/s1. The maximum absolute atomic E-state index is 11.1. The third-order valence-corrected chi connectivity index (χ3v) is 9.46. The summed E-state index contributed by atoms with van der Waals surface area (Å²) in [7, 11) is 0. The van der Waals surface area contributed by atoms with Crippen molar-refractivity contribution in [2.24, 2.45) is 0 Å². The first-order valence-electron chi connectivity index (χ1n) is 16.6. The molecule has 294 valence electrons. The van der Waals surface area contributed by atoms with Gasteiger partial charge in [-0.3, -0.25) is 0 Å². The minimum absolute atomic E-state index is 0.0534. The number of phenols is 2. The Hall–Kier alpha value is -3.42. The first-order valence-corrected chi connectivity index (χ1v) is 16.6. The number of rotatable bonds is 10. The second-order valence-corrected chi connectivity index (χ2v) is 13.0. The normalized spacial score (nSPS) is 40.1. The van der Waals surface area contributed by atoms with E-state index in [1.54, 1.807) is 0 Å². The molecule has 4 aliphatic rings. The SMILES string of the molecule is OC[C@H]1O[C@@H](Oc2cc(O)c3c(c2)[OH+]C(c2ccc(O)cc2)C(O[C@@H]2O[C@H](CO)[C@@H](O)[C@H](O)[C@H]2O[C@@H]2O[C@H](CO)[C@@H](O)[C@H](O)[C@H]2O)=C3)[C@H](O)[C@@H](O)[C@@H]1O. The molecule has 3 saturated heterocycles. The second-order valence-electron chi connectivity index (χ2n) is 13.0. The highest BCUT2D eigenvalue weighted by Crippen LogP contribution is 2.46. The summed E-state index contributed by atoms with van der Waals surface area (Å²) in [6.45, 7) is -2.29. The fourth-order valence-corrected chi connectivity index (χ4v) is 6.40. The zero-order valence-corrected chi connectivity index (χ0v) is 27.6. The lowest BCUT2D eigenvalue weighted by Crippen LogP contribution is -2.64. The van der Waals surface area contributed by atoms with E-state index in [1.807, 2.05) is 0 Å². The van der Waals surface area contributed by atoms with Crippen LogP contribution in [0.15, 0.2) is 42.2 Å². The average Bonchev–Trinajstić information content (AvgIpc) is 3.15. The molecule has 0 spiro atoms. The van der Waals surface area contributed by atoms with Crippen molar-refractivity contribution in [3.05, 3.63) is 53.3 Å². The van der Waals surface area contributed by atoms with Crippen LogP contribution in [0.3, 0.4) is 0 Å². The zero-order valence-electron chi connectivity index (χ0n) is 27.6. The summed E-state index contributed by atoms with van der Waals surface area (Å²) >= 11 is 0. The Labute approximate surface area is 300 Å². The van der Waals surface area contributed by atoms with Crippen LogP contribution < -0.4 is 4.74 Å². The molecule has 2 aromatic carbocycles. The minimum atomic E-state index is -1.91. The van der Waals surface area contributed by atoms with Gasteiger partial charge in [0, 0.05) is 12.1 Å². The summed E-state index contributed by atoms with van der Waals surface area (Å²) in [6, 6.07) is 8.18. The molecule has 0 bridgehead atoms. The zero-order chi connectivity index (χ0) is 38.3. The molecule has 0 aliphatic carbocycles. The van der Waals surface area contributed by atoms with Crippen molar-refractivity contribution < 1.29 is 99.5 Å². The smallest absolute Gasteiger partial charge is 0.270 e. The number of ether oxygens (including phenoxy) is 7. The highest BCUT2D eigenvalue weighted by molar-refractivity contribution is 5.69. The Bertz CT molecular complexity index is 1570. The Kier molecular flexibility index (Phi) is 12.0. The predicted octanol–water partition coefficient (Wildman–Crippen LogP) is -4.75. The predicted molar refractivity (Wildman–Crippen MR) is 170 cm³/mol. The van der Waals surface area contributed by atoms with Crippen molar-refractivity contribution in [3.63, 3.8) is 0 Å². The van der Waals surface area contributed by atoms with E-state index in [9.17, 15) is 66.4 Å². The minimum Gasteiger partial charge on any atom is -0.571 e. The van der Waals surface area contributed by atoms with Crippen LogP contribution in [0.5, 0.6) is 23.0 Å². The molecule has 4 heterocycles. The first-order chi connectivity index (χ1) is 25.3. The summed E-state index contributed by atoms with van der Waals surface area (Å²) in [5, 5.41) is 134. The lowest BCUT2D eigenvalue weighted by Gasteiger charge is -2.46. The third-order valence-electron chi connectivity index (χ3n) is 9.46. The molecule has 0 aromatic heterocycles. The highest BCUT2D eigenvalue weighted by atomic mass is 16.8. The number of phenolic OH excluding ortho intramolecular Hbond substituents is 2. The molecule has 2 aromatic rings. The van der Waals surface area contributed by atoms with Crippen LogP contribution >= 0.6 is 0 Å². The molecule has 0 amide bonds. The molecular formula is C33H43O20+. The van der Waals surface area contributed by atoms with E-state index in [1.165, 1.54) is 36.4 Å². The highest BCUT2D eigenvalue weighted by Gasteiger charge is 2.52.